The summed E-state index contributed by atoms with van der Waals surface area (Å²) in [6.45, 7) is 5.13. The minimum absolute atomic E-state index is 0.0174. The average molecular weight is 530 g/mol. The van der Waals surface area contributed by atoms with Crippen molar-refractivity contribution in [3.05, 3.63) is 53.1 Å². The van der Waals surface area contributed by atoms with Gasteiger partial charge in [0.1, 0.15) is 6.04 Å². The zero-order chi connectivity index (χ0) is 25.8. The normalized spacial score (nSPS) is 33.5. The Balaban J connectivity index is 1.65. The number of fused-ring (bicyclic) bond motifs is 2. The second-order valence-corrected chi connectivity index (χ2v) is 12.5. The number of aliphatic hydroxyl groups is 1. The Kier molecular flexibility index (Phi) is 6.50. The van der Waals surface area contributed by atoms with Crippen molar-refractivity contribution < 1.29 is 19.5 Å². The molecule has 0 radical (unpaired) electrons. The zero-order valence-corrected chi connectivity index (χ0v) is 22.4. The molecule has 4 heterocycles. The number of aliphatic hydroxyl groups excluding tert-OH is 1. The van der Waals surface area contributed by atoms with Crippen LogP contribution < -0.4 is 4.90 Å². The van der Waals surface area contributed by atoms with Crippen LogP contribution in [-0.4, -0.2) is 81.5 Å². The molecule has 4 aliphatic heterocycles. The van der Waals surface area contributed by atoms with E-state index in [1.54, 1.807) is 39.6 Å². The van der Waals surface area contributed by atoms with Crippen LogP contribution in [0.4, 0.5) is 5.69 Å². The Labute approximate surface area is 221 Å². The molecule has 0 bridgehead atoms. The highest BCUT2D eigenvalue weighted by molar-refractivity contribution is 8.02. The van der Waals surface area contributed by atoms with Gasteiger partial charge in [-0.1, -0.05) is 48.0 Å². The van der Waals surface area contributed by atoms with Gasteiger partial charge in [0.25, 0.3) is 5.91 Å². The van der Waals surface area contributed by atoms with E-state index in [0.717, 1.165) is 5.56 Å². The number of rotatable bonds is 5. The quantitative estimate of drug-likeness (QED) is 0.468. The summed E-state index contributed by atoms with van der Waals surface area (Å²) in [6, 6.07) is 4.77. The molecule has 0 saturated carbocycles. The lowest BCUT2D eigenvalue weighted by Gasteiger charge is -2.37. The van der Waals surface area contributed by atoms with Gasteiger partial charge in [-0.25, -0.2) is 0 Å². The molecule has 1 aromatic carbocycles. The van der Waals surface area contributed by atoms with Crippen molar-refractivity contribution in [3.63, 3.8) is 0 Å². The van der Waals surface area contributed by atoms with Crippen LogP contribution in [0, 0.1) is 18.8 Å². The van der Waals surface area contributed by atoms with Gasteiger partial charge in [-0.3, -0.25) is 14.4 Å². The smallest absolute Gasteiger partial charge is 0.251 e. The lowest BCUT2D eigenvalue weighted by Crippen LogP contribution is -2.53. The second kappa shape index (κ2) is 9.23. The fraction of sp³-hybridized carbons (Fsp3) is 0.519. The number of halogens is 1. The molecule has 5 atom stereocenters. The minimum Gasteiger partial charge on any atom is -0.396 e. The molecule has 36 heavy (non-hydrogen) atoms. The maximum Gasteiger partial charge on any atom is 0.251 e. The standard InChI is InChI=1S/C27H32ClN3O4S/c1-17-9-6-10-18(28)21(17)30-15-8-12-27-20(19-23(33)29(3)13-7-11-26(19,2)36-27)24(34)31(14-4-5-16-32)22(27)25(30)35/h6-12,19-20,22,32H,4-5,13-16H2,1-3H3/t19-,20-,22?,26+,27-/m0/s1. The van der Waals surface area contributed by atoms with Crippen LogP contribution in [0.5, 0.6) is 0 Å². The van der Waals surface area contributed by atoms with Gasteiger partial charge in [0, 0.05) is 38.0 Å². The van der Waals surface area contributed by atoms with Crippen molar-refractivity contribution in [2.75, 3.05) is 38.2 Å². The first-order chi connectivity index (χ1) is 17.2. The van der Waals surface area contributed by atoms with Gasteiger partial charge >= 0.3 is 0 Å². The van der Waals surface area contributed by atoms with Gasteiger partial charge in [0.2, 0.25) is 11.8 Å². The number of aryl methyl sites for hydroxylation is 1. The number of likely N-dealkylation sites (N-methyl/N-ethyl adjacent to an activating group) is 1. The Morgan fingerprint density at radius 1 is 1.06 bits per heavy atom. The van der Waals surface area contributed by atoms with Crippen LogP contribution in [-0.2, 0) is 14.4 Å². The summed E-state index contributed by atoms with van der Waals surface area (Å²) in [5, 5.41) is 9.85. The van der Waals surface area contributed by atoms with Gasteiger partial charge in [-0.15, -0.1) is 11.8 Å². The molecule has 0 aliphatic carbocycles. The first kappa shape index (κ1) is 25.4. The van der Waals surface area contributed by atoms with Crippen molar-refractivity contribution >= 4 is 46.8 Å². The number of nitrogens with zero attached hydrogens (tertiary/aromatic N) is 3. The minimum atomic E-state index is -0.880. The number of carbonyl (C=O) groups is 3. The van der Waals surface area contributed by atoms with E-state index < -0.39 is 27.4 Å². The number of benzene rings is 1. The van der Waals surface area contributed by atoms with Gasteiger partial charge in [0.05, 0.1) is 27.3 Å². The molecule has 1 spiro atoms. The summed E-state index contributed by atoms with van der Waals surface area (Å²) < 4.78 is -1.49. The van der Waals surface area contributed by atoms with Crippen LogP contribution in [0.2, 0.25) is 5.02 Å². The third-order valence-electron chi connectivity index (χ3n) is 8.02. The Morgan fingerprint density at radius 2 is 1.81 bits per heavy atom. The molecule has 1 N–H and O–H groups in total. The monoisotopic (exact) mass is 529 g/mol. The van der Waals surface area contributed by atoms with Crippen LogP contribution in [0.3, 0.4) is 0 Å². The number of hydrogen-bond donors (Lipinski definition) is 1. The van der Waals surface area contributed by atoms with E-state index in [1.165, 1.54) is 0 Å². The fourth-order valence-corrected chi connectivity index (χ4v) is 8.92. The largest absolute Gasteiger partial charge is 0.396 e. The summed E-state index contributed by atoms with van der Waals surface area (Å²) in [6.07, 6.45) is 9.12. The van der Waals surface area contributed by atoms with Crippen LogP contribution in [0.1, 0.15) is 25.3 Å². The SMILES string of the molecule is Cc1cccc(Cl)c1N1CC=C[C@]23S[C@]4(C)C=CCN(C)C(=O)[C@@H]4[C@H]2C(=O)N(CCCCO)C3C1=O. The maximum atomic E-state index is 14.4. The molecule has 5 rings (SSSR count). The molecule has 2 saturated heterocycles. The molecule has 192 valence electrons. The molecule has 1 aromatic rings. The van der Waals surface area contributed by atoms with Gasteiger partial charge in [0.15, 0.2) is 0 Å². The predicted octanol–water partition coefficient (Wildman–Crippen LogP) is 3.04. The highest BCUT2D eigenvalue weighted by Crippen LogP contribution is 2.65. The van der Waals surface area contributed by atoms with Crippen LogP contribution >= 0.6 is 23.4 Å². The molecule has 1 unspecified atom stereocenters. The average Bonchev–Trinajstić information content (AvgIpc) is 3.10. The molecule has 9 heteroatoms. The van der Waals surface area contributed by atoms with Crippen molar-refractivity contribution in [1.29, 1.82) is 0 Å². The molecular formula is C27H32ClN3O4S. The van der Waals surface area contributed by atoms with Gasteiger partial charge in [-0.05, 0) is 38.3 Å². The van der Waals surface area contributed by atoms with E-state index in [9.17, 15) is 19.5 Å². The third-order valence-corrected chi connectivity index (χ3v) is 10.1. The van der Waals surface area contributed by atoms with Crippen molar-refractivity contribution in [3.8, 4) is 0 Å². The number of thioether (sulfide) groups is 1. The van der Waals surface area contributed by atoms with E-state index in [0.29, 0.717) is 43.2 Å². The predicted molar refractivity (Wildman–Crippen MR) is 142 cm³/mol. The molecule has 3 amide bonds. The molecule has 0 aromatic heterocycles. The summed E-state index contributed by atoms with van der Waals surface area (Å²) in [4.78, 5) is 47.3. The van der Waals surface area contributed by atoms with E-state index >= 15 is 0 Å². The number of amides is 3. The number of hydrogen-bond acceptors (Lipinski definition) is 5. The first-order valence-corrected chi connectivity index (χ1v) is 13.6. The van der Waals surface area contributed by atoms with E-state index in [4.69, 9.17) is 11.6 Å². The highest BCUT2D eigenvalue weighted by Gasteiger charge is 2.73. The van der Waals surface area contributed by atoms with Crippen molar-refractivity contribution in [2.45, 2.75) is 42.2 Å². The van der Waals surface area contributed by atoms with Crippen LogP contribution in [0.25, 0.3) is 0 Å². The van der Waals surface area contributed by atoms with Gasteiger partial charge in [-0.2, -0.15) is 0 Å². The molecular weight excluding hydrogens is 498 g/mol. The molecule has 7 nitrogen and oxygen atoms in total. The molecule has 4 aliphatic rings. The van der Waals surface area contributed by atoms with Crippen molar-refractivity contribution in [1.82, 2.24) is 9.80 Å². The van der Waals surface area contributed by atoms with Crippen LogP contribution in [0.15, 0.2) is 42.5 Å². The van der Waals surface area contributed by atoms with E-state index in [-0.39, 0.29) is 24.3 Å². The maximum absolute atomic E-state index is 14.4. The number of unbranched alkanes of at least 4 members (excludes halogenated alkanes) is 1. The summed E-state index contributed by atoms with van der Waals surface area (Å²) in [5.41, 5.74) is 1.53. The lowest BCUT2D eigenvalue weighted by atomic mass is 9.74. The lowest BCUT2D eigenvalue weighted by molar-refractivity contribution is -0.143. The number of likely N-dealkylation sites (tertiary alicyclic amines) is 1. The number of carbonyl (C=O) groups excluding carboxylic acids is 3. The zero-order valence-electron chi connectivity index (χ0n) is 20.8. The second-order valence-electron chi connectivity index (χ2n) is 10.3. The number of anilines is 1. The summed E-state index contributed by atoms with van der Waals surface area (Å²) in [7, 11) is 1.76. The Morgan fingerprint density at radius 3 is 2.53 bits per heavy atom. The molecule has 2 fully saturated rings. The van der Waals surface area contributed by atoms with Gasteiger partial charge < -0.3 is 19.8 Å². The van der Waals surface area contributed by atoms with Crippen molar-refractivity contribution in [2.24, 2.45) is 11.8 Å². The third kappa shape index (κ3) is 3.63. The number of para-hydroxylation sites is 1. The summed E-state index contributed by atoms with van der Waals surface area (Å²) >= 11 is 8.16. The highest BCUT2D eigenvalue weighted by atomic mass is 35.5. The van der Waals surface area contributed by atoms with E-state index in [1.807, 2.05) is 44.2 Å². The Bertz CT molecular complexity index is 1150. The summed E-state index contributed by atoms with van der Waals surface area (Å²) in [5.74, 6) is -1.64. The fourth-order valence-electron chi connectivity index (χ4n) is 6.44. The Hall–Kier alpha value is -2.29. The first-order valence-electron chi connectivity index (χ1n) is 12.4. The topological polar surface area (TPSA) is 81.2 Å². The van der Waals surface area contributed by atoms with E-state index in [2.05, 4.69) is 6.08 Å².